The molecule has 23 heavy (non-hydrogen) atoms. The molecule has 0 atom stereocenters. The molecular weight excluding hydrogens is 332 g/mol. The van der Waals surface area contributed by atoms with Crippen LogP contribution < -0.4 is 10.1 Å². The van der Waals surface area contributed by atoms with E-state index in [1.165, 1.54) is 11.3 Å². The summed E-state index contributed by atoms with van der Waals surface area (Å²) in [7, 11) is 0. The number of rotatable bonds is 7. The molecular formula is C17H21ClN2O2S. The predicted octanol–water partition coefficient (Wildman–Crippen LogP) is 4.11. The maximum atomic E-state index is 12.2. The van der Waals surface area contributed by atoms with Crippen molar-refractivity contribution in [1.29, 1.82) is 0 Å². The van der Waals surface area contributed by atoms with E-state index >= 15 is 0 Å². The second-order valence-electron chi connectivity index (χ2n) is 5.68. The van der Waals surface area contributed by atoms with E-state index < -0.39 is 0 Å². The van der Waals surface area contributed by atoms with Crippen molar-refractivity contribution < 1.29 is 9.53 Å². The topological polar surface area (TPSA) is 51.2 Å². The number of carbonyl (C=O) groups excluding carboxylic acids is 1. The second-order valence-corrected chi connectivity index (χ2v) is 7.20. The number of halogens is 1. The minimum atomic E-state index is -0.0882. The Balaban J connectivity index is 1.80. The molecule has 0 saturated heterocycles. The summed E-state index contributed by atoms with van der Waals surface area (Å²) in [6, 6.07) is 7.14. The number of nitrogens with zero attached hydrogens (tertiary/aromatic N) is 1. The van der Waals surface area contributed by atoms with E-state index in [4.69, 9.17) is 16.3 Å². The van der Waals surface area contributed by atoms with E-state index in [1.807, 2.05) is 6.92 Å². The van der Waals surface area contributed by atoms with Gasteiger partial charge in [0, 0.05) is 11.4 Å². The Morgan fingerprint density at radius 2 is 2.04 bits per heavy atom. The normalized spacial score (nSPS) is 10.8. The molecule has 1 amide bonds. The van der Waals surface area contributed by atoms with E-state index in [-0.39, 0.29) is 5.91 Å². The largest absolute Gasteiger partial charge is 0.492 e. The van der Waals surface area contributed by atoms with Gasteiger partial charge in [-0.1, -0.05) is 25.4 Å². The van der Waals surface area contributed by atoms with Gasteiger partial charge in [-0.2, -0.15) is 0 Å². The summed E-state index contributed by atoms with van der Waals surface area (Å²) >= 11 is 7.29. The fraction of sp³-hybridized carbons (Fsp3) is 0.412. The zero-order chi connectivity index (χ0) is 16.8. The van der Waals surface area contributed by atoms with E-state index in [2.05, 4.69) is 24.1 Å². The first-order valence-electron chi connectivity index (χ1n) is 7.58. The fourth-order valence-electron chi connectivity index (χ4n) is 2.04. The minimum Gasteiger partial charge on any atom is -0.492 e. The lowest BCUT2D eigenvalue weighted by atomic mass is 10.1. The standard InChI is InChI=1S/C17H21ClN2O2S/c1-11(2)10-15-20-12(3)16(23-15)17(21)19-8-9-22-14-6-4-13(18)5-7-14/h4-7,11H,8-10H2,1-3H3,(H,19,21). The molecule has 0 aliphatic heterocycles. The first-order valence-corrected chi connectivity index (χ1v) is 8.78. The Kier molecular flexibility index (Phi) is 6.42. The quantitative estimate of drug-likeness (QED) is 0.763. The zero-order valence-corrected chi connectivity index (χ0v) is 15.1. The van der Waals surface area contributed by atoms with Crippen LogP contribution >= 0.6 is 22.9 Å². The Morgan fingerprint density at radius 3 is 2.70 bits per heavy atom. The van der Waals surface area contributed by atoms with Crippen LogP contribution in [-0.2, 0) is 6.42 Å². The molecule has 0 unspecified atom stereocenters. The van der Waals surface area contributed by atoms with Gasteiger partial charge in [-0.15, -0.1) is 11.3 Å². The molecule has 2 aromatic rings. The SMILES string of the molecule is Cc1nc(CC(C)C)sc1C(=O)NCCOc1ccc(Cl)cc1. The molecule has 6 heteroatoms. The summed E-state index contributed by atoms with van der Waals surface area (Å²) in [5.41, 5.74) is 0.793. The highest BCUT2D eigenvalue weighted by Crippen LogP contribution is 2.20. The van der Waals surface area contributed by atoms with Crippen LogP contribution in [0.15, 0.2) is 24.3 Å². The average molecular weight is 353 g/mol. The van der Waals surface area contributed by atoms with Crippen molar-refractivity contribution in [2.75, 3.05) is 13.2 Å². The van der Waals surface area contributed by atoms with Gasteiger partial charge in [0.15, 0.2) is 0 Å². The molecule has 2 rings (SSSR count). The third kappa shape index (κ3) is 5.52. The number of hydrogen-bond donors (Lipinski definition) is 1. The number of carbonyl (C=O) groups is 1. The van der Waals surface area contributed by atoms with Gasteiger partial charge >= 0.3 is 0 Å². The molecule has 1 heterocycles. The number of aromatic nitrogens is 1. The molecule has 1 N–H and O–H groups in total. The predicted molar refractivity (Wildman–Crippen MR) is 94.7 cm³/mol. The summed E-state index contributed by atoms with van der Waals surface area (Å²) < 4.78 is 5.55. The number of thiazole rings is 1. The number of aryl methyl sites for hydroxylation is 1. The maximum absolute atomic E-state index is 12.2. The number of amides is 1. The molecule has 1 aromatic carbocycles. The van der Waals surface area contributed by atoms with E-state index in [0.29, 0.717) is 29.0 Å². The van der Waals surface area contributed by atoms with E-state index in [0.717, 1.165) is 22.9 Å². The molecule has 4 nitrogen and oxygen atoms in total. The first-order chi connectivity index (χ1) is 11.0. The van der Waals surface area contributed by atoms with Crippen molar-refractivity contribution in [2.45, 2.75) is 27.2 Å². The van der Waals surface area contributed by atoms with Crippen LogP contribution in [0.2, 0.25) is 5.02 Å². The smallest absolute Gasteiger partial charge is 0.263 e. The van der Waals surface area contributed by atoms with Gasteiger partial charge in [0.2, 0.25) is 0 Å². The number of hydrogen-bond acceptors (Lipinski definition) is 4. The van der Waals surface area contributed by atoms with Crippen molar-refractivity contribution in [1.82, 2.24) is 10.3 Å². The van der Waals surface area contributed by atoms with Gasteiger partial charge in [-0.25, -0.2) is 4.98 Å². The van der Waals surface area contributed by atoms with Gasteiger partial charge in [0.25, 0.3) is 5.91 Å². The van der Waals surface area contributed by atoms with Crippen molar-refractivity contribution >= 4 is 28.8 Å². The molecule has 0 radical (unpaired) electrons. The fourth-order valence-corrected chi connectivity index (χ4v) is 3.36. The molecule has 0 saturated carbocycles. The van der Waals surface area contributed by atoms with Crippen LogP contribution in [0.5, 0.6) is 5.75 Å². The molecule has 0 fully saturated rings. The molecule has 0 aliphatic rings. The maximum Gasteiger partial charge on any atom is 0.263 e. The minimum absolute atomic E-state index is 0.0882. The summed E-state index contributed by atoms with van der Waals surface area (Å²) in [5, 5.41) is 4.55. The summed E-state index contributed by atoms with van der Waals surface area (Å²) in [5.74, 6) is 1.18. The highest BCUT2D eigenvalue weighted by molar-refractivity contribution is 7.13. The summed E-state index contributed by atoms with van der Waals surface area (Å²) in [6.45, 7) is 7.01. The van der Waals surface area contributed by atoms with E-state index in [1.54, 1.807) is 24.3 Å². The van der Waals surface area contributed by atoms with Crippen LogP contribution in [-0.4, -0.2) is 24.0 Å². The Hall–Kier alpha value is -1.59. The van der Waals surface area contributed by atoms with Crippen molar-refractivity contribution in [2.24, 2.45) is 5.92 Å². The van der Waals surface area contributed by atoms with E-state index in [9.17, 15) is 4.79 Å². The van der Waals surface area contributed by atoms with Crippen LogP contribution in [0.25, 0.3) is 0 Å². The number of nitrogens with one attached hydrogen (secondary N) is 1. The Bertz CT molecular complexity index is 653. The van der Waals surface area contributed by atoms with Crippen LogP contribution in [0.4, 0.5) is 0 Å². The lowest BCUT2D eigenvalue weighted by Gasteiger charge is -2.07. The van der Waals surface area contributed by atoms with Crippen molar-refractivity contribution in [3.63, 3.8) is 0 Å². The second kappa shape index (κ2) is 8.31. The van der Waals surface area contributed by atoms with Gasteiger partial charge in [-0.3, -0.25) is 4.79 Å². The van der Waals surface area contributed by atoms with Gasteiger partial charge in [-0.05, 0) is 37.1 Å². The van der Waals surface area contributed by atoms with Crippen LogP contribution in [0.3, 0.4) is 0 Å². The third-order valence-corrected chi connectivity index (χ3v) is 4.53. The summed E-state index contributed by atoms with van der Waals surface area (Å²) in [4.78, 5) is 17.4. The monoisotopic (exact) mass is 352 g/mol. The lowest BCUT2D eigenvalue weighted by molar-refractivity contribution is 0.0950. The molecule has 0 aliphatic carbocycles. The summed E-state index contributed by atoms with van der Waals surface area (Å²) in [6.07, 6.45) is 0.901. The van der Waals surface area contributed by atoms with Crippen LogP contribution in [0, 0.1) is 12.8 Å². The highest BCUT2D eigenvalue weighted by Gasteiger charge is 2.15. The van der Waals surface area contributed by atoms with Gasteiger partial charge in [0.05, 0.1) is 17.2 Å². The van der Waals surface area contributed by atoms with Crippen molar-refractivity contribution in [3.05, 3.63) is 44.9 Å². The highest BCUT2D eigenvalue weighted by atomic mass is 35.5. The van der Waals surface area contributed by atoms with Gasteiger partial charge < -0.3 is 10.1 Å². The zero-order valence-electron chi connectivity index (χ0n) is 13.6. The van der Waals surface area contributed by atoms with Crippen molar-refractivity contribution in [3.8, 4) is 5.75 Å². The Labute approximate surface area is 145 Å². The first kappa shape index (κ1) is 17.8. The van der Waals surface area contributed by atoms with Crippen LogP contribution in [0.1, 0.15) is 34.2 Å². The van der Waals surface area contributed by atoms with Gasteiger partial charge in [0.1, 0.15) is 17.2 Å². The molecule has 124 valence electrons. The lowest BCUT2D eigenvalue weighted by Crippen LogP contribution is -2.27. The molecule has 1 aromatic heterocycles. The molecule has 0 spiro atoms. The third-order valence-electron chi connectivity index (χ3n) is 3.10. The molecule has 0 bridgehead atoms. The Morgan fingerprint density at radius 1 is 1.35 bits per heavy atom. The number of ether oxygens (including phenoxy) is 1. The number of benzene rings is 1. The average Bonchev–Trinajstić information content (AvgIpc) is 2.85.